The molecule has 0 bridgehead atoms. The van der Waals surface area contributed by atoms with E-state index in [0.717, 1.165) is 64.5 Å². The topological polar surface area (TPSA) is 66.4 Å². The molecule has 2 N–H and O–H groups in total. The van der Waals surface area contributed by atoms with Gasteiger partial charge in [-0.1, -0.05) is 93.2 Å². The zero-order chi connectivity index (χ0) is 25.8. The fraction of sp³-hybridized carbons (Fsp3) is 0.793. The Morgan fingerprint density at radius 1 is 0.824 bits per heavy atom. The quantitative estimate of drug-likeness (QED) is 0.291. The summed E-state index contributed by atoms with van der Waals surface area (Å²) in [5.74, 6) is 0.321. The van der Waals surface area contributed by atoms with Crippen LogP contribution in [0.1, 0.15) is 118 Å². The first-order valence-electron chi connectivity index (χ1n) is 13.6. The van der Waals surface area contributed by atoms with Crippen LogP contribution in [0.2, 0.25) is 0 Å². The van der Waals surface area contributed by atoms with Gasteiger partial charge in [-0.3, -0.25) is 4.55 Å². The molecule has 0 spiro atoms. The molecule has 0 saturated carbocycles. The van der Waals surface area contributed by atoms with E-state index in [1.807, 2.05) is 12.1 Å². The predicted molar refractivity (Wildman–Crippen MR) is 144 cm³/mol. The van der Waals surface area contributed by atoms with Gasteiger partial charge in [-0.2, -0.15) is 8.42 Å². The lowest BCUT2D eigenvalue weighted by atomic mass is 9.48. The monoisotopic (exact) mass is 493 g/mol. The maximum absolute atomic E-state index is 11.8. The molecule has 1 fully saturated rings. The Labute approximate surface area is 210 Å². The first kappa shape index (κ1) is 29.3. The predicted octanol–water partition coefficient (Wildman–Crippen LogP) is 7.85. The van der Waals surface area contributed by atoms with Crippen LogP contribution in [0, 0.1) is 21.7 Å². The van der Waals surface area contributed by atoms with Gasteiger partial charge in [0.25, 0.3) is 10.1 Å². The molecule has 1 saturated heterocycles. The van der Waals surface area contributed by atoms with Crippen molar-refractivity contribution in [2.75, 3.05) is 13.1 Å². The maximum Gasteiger partial charge on any atom is 0.294 e. The SMILES string of the molecule is CCC(C)(CC)CC1(CC)CNCC(CC)(CC(C)(CC)CC)C1c1ccc(S(=O)(=O)O)cc1. The second-order valence-electron chi connectivity index (χ2n) is 11.9. The zero-order valence-electron chi connectivity index (χ0n) is 23.1. The van der Waals surface area contributed by atoms with E-state index in [1.54, 1.807) is 12.1 Å². The van der Waals surface area contributed by atoms with Crippen molar-refractivity contribution in [3.05, 3.63) is 29.8 Å². The highest BCUT2D eigenvalue weighted by Gasteiger charge is 2.55. The first-order chi connectivity index (χ1) is 15.8. The Hall–Kier alpha value is -0.910. The smallest absolute Gasteiger partial charge is 0.294 e. The van der Waals surface area contributed by atoms with Crippen LogP contribution in [-0.4, -0.2) is 26.1 Å². The van der Waals surface area contributed by atoms with E-state index in [4.69, 9.17) is 0 Å². The van der Waals surface area contributed by atoms with Crippen molar-refractivity contribution in [2.24, 2.45) is 21.7 Å². The molecule has 1 aromatic rings. The van der Waals surface area contributed by atoms with Crippen molar-refractivity contribution in [3.8, 4) is 0 Å². The van der Waals surface area contributed by atoms with Crippen molar-refractivity contribution in [1.29, 1.82) is 0 Å². The lowest BCUT2D eigenvalue weighted by Crippen LogP contribution is -2.58. The molecule has 2 unspecified atom stereocenters. The standard InChI is InChI=1S/C29H51NO3S/c1-9-26(7,10-2)19-28(13-5)21-30-22-29(14-6,20-27(8,11-3)12-4)25(28)23-15-17-24(18-16-23)34(31,32)33/h15-18,25,30H,9-14,19-22H2,1-8H3,(H,31,32,33). The van der Waals surface area contributed by atoms with Crippen molar-refractivity contribution in [1.82, 2.24) is 5.32 Å². The molecule has 1 heterocycles. The van der Waals surface area contributed by atoms with Crippen LogP contribution in [0.15, 0.2) is 29.2 Å². The number of benzene rings is 1. The Kier molecular flexibility index (Phi) is 9.49. The molecule has 34 heavy (non-hydrogen) atoms. The van der Waals surface area contributed by atoms with Crippen LogP contribution < -0.4 is 5.32 Å². The molecule has 2 atom stereocenters. The van der Waals surface area contributed by atoms with Crippen LogP contribution in [0.5, 0.6) is 0 Å². The van der Waals surface area contributed by atoms with E-state index in [-0.39, 0.29) is 26.6 Å². The molecule has 1 aliphatic heterocycles. The highest BCUT2D eigenvalue weighted by Crippen LogP contribution is 2.61. The first-order valence-corrected chi connectivity index (χ1v) is 15.0. The third-order valence-corrected chi connectivity index (χ3v) is 10.9. The Bertz CT molecular complexity index is 850. The zero-order valence-corrected chi connectivity index (χ0v) is 23.9. The van der Waals surface area contributed by atoms with E-state index in [9.17, 15) is 13.0 Å². The second-order valence-corrected chi connectivity index (χ2v) is 13.3. The minimum absolute atomic E-state index is 0.0201. The minimum Gasteiger partial charge on any atom is -0.316 e. The van der Waals surface area contributed by atoms with Gasteiger partial charge in [0.1, 0.15) is 0 Å². The Balaban J connectivity index is 2.76. The van der Waals surface area contributed by atoms with Gasteiger partial charge in [0.05, 0.1) is 4.90 Å². The highest BCUT2D eigenvalue weighted by atomic mass is 32.2. The summed E-state index contributed by atoms with van der Waals surface area (Å²) in [6.45, 7) is 20.8. The highest BCUT2D eigenvalue weighted by molar-refractivity contribution is 7.85. The minimum atomic E-state index is -4.20. The van der Waals surface area contributed by atoms with E-state index >= 15 is 0 Å². The molecular formula is C29H51NO3S. The average Bonchev–Trinajstić information content (AvgIpc) is 2.83. The second kappa shape index (κ2) is 11.0. The number of piperidine rings is 1. The summed E-state index contributed by atoms with van der Waals surface area (Å²) in [7, 11) is -4.20. The van der Waals surface area contributed by atoms with Crippen LogP contribution in [0.25, 0.3) is 0 Å². The molecule has 1 aliphatic rings. The number of rotatable bonds is 12. The van der Waals surface area contributed by atoms with Crippen LogP contribution >= 0.6 is 0 Å². The van der Waals surface area contributed by atoms with E-state index < -0.39 is 10.1 Å². The van der Waals surface area contributed by atoms with E-state index in [2.05, 4.69) is 60.7 Å². The molecule has 2 rings (SSSR count). The van der Waals surface area contributed by atoms with Gasteiger partial charge in [-0.25, -0.2) is 0 Å². The van der Waals surface area contributed by atoms with Crippen molar-refractivity contribution in [3.63, 3.8) is 0 Å². The van der Waals surface area contributed by atoms with Crippen molar-refractivity contribution in [2.45, 2.75) is 118 Å². The third kappa shape index (κ3) is 5.90. The largest absolute Gasteiger partial charge is 0.316 e. The van der Waals surface area contributed by atoms with E-state index in [1.165, 1.54) is 5.56 Å². The van der Waals surface area contributed by atoms with Crippen LogP contribution in [0.4, 0.5) is 0 Å². The molecule has 4 nitrogen and oxygen atoms in total. The summed E-state index contributed by atoms with van der Waals surface area (Å²) >= 11 is 0. The Morgan fingerprint density at radius 3 is 1.50 bits per heavy atom. The van der Waals surface area contributed by atoms with Gasteiger partial charge in [0.15, 0.2) is 0 Å². The van der Waals surface area contributed by atoms with Gasteiger partial charge < -0.3 is 5.32 Å². The lowest BCUT2D eigenvalue weighted by molar-refractivity contribution is -0.0341. The average molecular weight is 494 g/mol. The fourth-order valence-electron chi connectivity index (χ4n) is 6.89. The molecular weight excluding hydrogens is 442 g/mol. The molecule has 5 heteroatoms. The Morgan fingerprint density at radius 2 is 1.21 bits per heavy atom. The maximum atomic E-state index is 11.8. The van der Waals surface area contributed by atoms with Gasteiger partial charge in [-0.15, -0.1) is 0 Å². The summed E-state index contributed by atoms with van der Waals surface area (Å²) < 4.78 is 33.1. The summed E-state index contributed by atoms with van der Waals surface area (Å²) in [4.78, 5) is -0.0201. The van der Waals surface area contributed by atoms with Crippen LogP contribution in [-0.2, 0) is 10.1 Å². The number of nitrogens with one attached hydrogen (secondary N) is 1. The third-order valence-electron chi connectivity index (χ3n) is 10.1. The number of hydrogen-bond donors (Lipinski definition) is 2. The van der Waals surface area contributed by atoms with Crippen LogP contribution in [0.3, 0.4) is 0 Å². The summed E-state index contributed by atoms with van der Waals surface area (Å²) in [6, 6.07) is 7.17. The summed E-state index contributed by atoms with van der Waals surface area (Å²) in [6.07, 6.45) is 9.08. The molecule has 196 valence electrons. The van der Waals surface area contributed by atoms with Gasteiger partial charge in [0, 0.05) is 13.1 Å². The van der Waals surface area contributed by atoms with Gasteiger partial charge in [-0.05, 0) is 71.0 Å². The van der Waals surface area contributed by atoms with E-state index in [0.29, 0.717) is 5.92 Å². The van der Waals surface area contributed by atoms with Crippen molar-refractivity contribution < 1.29 is 13.0 Å². The molecule has 0 amide bonds. The molecule has 0 radical (unpaired) electrons. The molecule has 0 aliphatic carbocycles. The van der Waals surface area contributed by atoms with Gasteiger partial charge >= 0.3 is 0 Å². The van der Waals surface area contributed by atoms with Gasteiger partial charge in [0.2, 0.25) is 0 Å². The normalized spacial score (nSPS) is 26.6. The fourth-order valence-corrected chi connectivity index (χ4v) is 7.37. The summed E-state index contributed by atoms with van der Waals surface area (Å²) in [5.41, 5.74) is 1.91. The summed E-state index contributed by atoms with van der Waals surface area (Å²) in [5, 5.41) is 3.91. The molecule has 0 aromatic heterocycles. The molecule has 1 aromatic carbocycles. The van der Waals surface area contributed by atoms with Crippen molar-refractivity contribution >= 4 is 10.1 Å². The number of hydrogen-bond acceptors (Lipinski definition) is 3. The lowest BCUT2D eigenvalue weighted by Gasteiger charge is -2.59.